The molecule has 1 aromatic rings. The predicted molar refractivity (Wildman–Crippen MR) is 85.7 cm³/mol. The second-order valence-electron chi connectivity index (χ2n) is 5.37. The second kappa shape index (κ2) is 6.39. The zero-order valence-corrected chi connectivity index (χ0v) is 13.8. The fraction of sp³-hybridized carbons (Fsp3) is 0.500. The molecule has 1 aliphatic rings. The van der Waals surface area contributed by atoms with Crippen LogP contribution >= 0.6 is 12.2 Å². The highest BCUT2D eigenvalue weighted by atomic mass is 32.2. The van der Waals surface area contributed by atoms with Gasteiger partial charge in [-0.3, -0.25) is 0 Å². The quantitative estimate of drug-likeness (QED) is 0.844. The minimum atomic E-state index is -3.48. The van der Waals surface area contributed by atoms with Crippen LogP contribution < -0.4 is 5.73 Å². The van der Waals surface area contributed by atoms with Gasteiger partial charge in [0.25, 0.3) is 0 Å². The van der Waals surface area contributed by atoms with Gasteiger partial charge in [0, 0.05) is 19.5 Å². The molecule has 0 spiro atoms. The first kappa shape index (κ1) is 16.4. The smallest absolute Gasteiger partial charge is 0.243 e. The van der Waals surface area contributed by atoms with E-state index in [-0.39, 0.29) is 17.1 Å². The van der Waals surface area contributed by atoms with E-state index in [0.29, 0.717) is 24.5 Å². The molecule has 1 saturated heterocycles. The van der Waals surface area contributed by atoms with Crippen molar-refractivity contribution in [2.45, 2.75) is 37.4 Å². The van der Waals surface area contributed by atoms with E-state index in [1.54, 1.807) is 24.3 Å². The summed E-state index contributed by atoms with van der Waals surface area (Å²) in [7, 11) is -3.48. The lowest BCUT2D eigenvalue weighted by Gasteiger charge is -2.34. The molecule has 0 saturated carbocycles. The van der Waals surface area contributed by atoms with Crippen LogP contribution in [-0.4, -0.2) is 43.0 Å². The number of ether oxygens (including phenoxy) is 1. The molecule has 0 amide bonds. The summed E-state index contributed by atoms with van der Waals surface area (Å²) in [4.78, 5) is 0.678. The van der Waals surface area contributed by atoms with E-state index in [0.717, 1.165) is 5.56 Å². The number of sulfonamides is 1. The number of thiocarbonyl (C=S) groups is 1. The monoisotopic (exact) mass is 328 g/mol. The lowest BCUT2D eigenvalue weighted by molar-refractivity contribution is -0.0440. The Balaban J connectivity index is 2.21. The Hall–Kier alpha value is -1.02. The highest BCUT2D eigenvalue weighted by Gasteiger charge is 2.32. The maximum Gasteiger partial charge on any atom is 0.243 e. The molecule has 1 fully saturated rings. The Morgan fingerprint density at radius 2 is 1.81 bits per heavy atom. The van der Waals surface area contributed by atoms with Gasteiger partial charge in [-0.25, -0.2) is 8.42 Å². The average molecular weight is 328 g/mol. The number of rotatable bonds is 4. The number of morpholine rings is 1. The van der Waals surface area contributed by atoms with E-state index in [1.807, 2.05) is 13.8 Å². The van der Waals surface area contributed by atoms with Gasteiger partial charge in [0.2, 0.25) is 10.0 Å². The summed E-state index contributed by atoms with van der Waals surface area (Å²) in [5.41, 5.74) is 6.39. The standard InChI is InChI=1S/C14H20N2O3S2/c1-10-8-16(9-11(2)19-10)21(17,18)13-5-3-12(4-6-13)7-14(15)20/h3-6,10-11H,7-9H2,1-2H3,(H2,15,20)/t10-,11+. The number of nitrogens with two attached hydrogens (primary N) is 1. The van der Waals surface area contributed by atoms with E-state index in [9.17, 15) is 8.42 Å². The zero-order chi connectivity index (χ0) is 15.6. The average Bonchev–Trinajstić information content (AvgIpc) is 2.37. The van der Waals surface area contributed by atoms with Gasteiger partial charge < -0.3 is 10.5 Å². The number of benzene rings is 1. The zero-order valence-electron chi connectivity index (χ0n) is 12.2. The summed E-state index contributed by atoms with van der Waals surface area (Å²) in [5.74, 6) is 0. The van der Waals surface area contributed by atoms with Gasteiger partial charge in [-0.05, 0) is 31.5 Å². The van der Waals surface area contributed by atoms with Crippen LogP contribution in [0.15, 0.2) is 29.2 Å². The minimum absolute atomic E-state index is 0.0996. The first-order valence-corrected chi connectivity index (χ1v) is 8.66. The van der Waals surface area contributed by atoms with Crippen molar-refractivity contribution in [2.75, 3.05) is 13.1 Å². The van der Waals surface area contributed by atoms with Crippen LogP contribution in [0.2, 0.25) is 0 Å². The molecule has 0 aliphatic carbocycles. The molecule has 1 heterocycles. The molecule has 2 N–H and O–H groups in total. The largest absolute Gasteiger partial charge is 0.393 e. The first-order chi connectivity index (χ1) is 9.79. The van der Waals surface area contributed by atoms with Crippen molar-refractivity contribution in [2.24, 2.45) is 5.73 Å². The number of hydrogen-bond acceptors (Lipinski definition) is 4. The second-order valence-corrected chi connectivity index (χ2v) is 7.83. The molecule has 0 aromatic heterocycles. The van der Waals surface area contributed by atoms with Crippen LogP contribution in [0.5, 0.6) is 0 Å². The summed E-state index contributed by atoms with van der Waals surface area (Å²) < 4.78 is 32.3. The van der Waals surface area contributed by atoms with Crippen LogP contribution in [0.4, 0.5) is 0 Å². The molecule has 0 unspecified atom stereocenters. The van der Waals surface area contributed by atoms with E-state index in [1.165, 1.54) is 4.31 Å². The normalized spacial score (nSPS) is 23.9. The summed E-state index contributed by atoms with van der Waals surface area (Å²) in [6, 6.07) is 6.71. The van der Waals surface area contributed by atoms with Gasteiger partial charge in [-0.2, -0.15) is 4.31 Å². The molecule has 0 radical (unpaired) electrons. The fourth-order valence-electron chi connectivity index (χ4n) is 2.46. The Labute approximate surface area is 131 Å². The van der Waals surface area contributed by atoms with E-state index in [4.69, 9.17) is 22.7 Å². The topological polar surface area (TPSA) is 72.6 Å². The maximum atomic E-state index is 12.6. The Morgan fingerprint density at radius 1 is 1.29 bits per heavy atom. The highest BCUT2D eigenvalue weighted by Crippen LogP contribution is 2.21. The van der Waals surface area contributed by atoms with Gasteiger partial charge in [-0.15, -0.1) is 0 Å². The predicted octanol–water partition coefficient (Wildman–Crippen LogP) is 1.31. The van der Waals surface area contributed by atoms with Crippen LogP contribution in [0.3, 0.4) is 0 Å². The molecule has 0 bridgehead atoms. The van der Waals surface area contributed by atoms with Crippen molar-refractivity contribution in [1.82, 2.24) is 4.31 Å². The van der Waals surface area contributed by atoms with Crippen molar-refractivity contribution < 1.29 is 13.2 Å². The van der Waals surface area contributed by atoms with Crippen molar-refractivity contribution in [3.63, 3.8) is 0 Å². The summed E-state index contributed by atoms with van der Waals surface area (Å²) in [6.45, 7) is 4.51. The van der Waals surface area contributed by atoms with E-state index < -0.39 is 10.0 Å². The molecule has 1 aliphatic heterocycles. The summed E-state index contributed by atoms with van der Waals surface area (Å²) >= 11 is 4.85. The van der Waals surface area contributed by atoms with Gasteiger partial charge in [0.05, 0.1) is 22.1 Å². The highest BCUT2D eigenvalue weighted by molar-refractivity contribution is 7.89. The van der Waals surface area contributed by atoms with Crippen molar-refractivity contribution in [1.29, 1.82) is 0 Å². The van der Waals surface area contributed by atoms with E-state index >= 15 is 0 Å². The first-order valence-electron chi connectivity index (χ1n) is 6.82. The summed E-state index contributed by atoms with van der Waals surface area (Å²) in [6.07, 6.45) is 0.274. The lowest BCUT2D eigenvalue weighted by Crippen LogP contribution is -2.48. The molecule has 1 aromatic carbocycles. The molecular weight excluding hydrogens is 308 g/mol. The molecule has 21 heavy (non-hydrogen) atoms. The third kappa shape index (κ3) is 4.00. The molecule has 2 atom stereocenters. The van der Waals surface area contributed by atoms with Crippen LogP contribution in [0, 0.1) is 0 Å². The molecule has 5 nitrogen and oxygen atoms in total. The van der Waals surface area contributed by atoms with Gasteiger partial charge in [0.15, 0.2) is 0 Å². The molecule has 2 rings (SSSR count). The number of hydrogen-bond donors (Lipinski definition) is 1. The van der Waals surface area contributed by atoms with Crippen molar-refractivity contribution in [3.8, 4) is 0 Å². The van der Waals surface area contributed by atoms with Gasteiger partial charge in [-0.1, -0.05) is 24.4 Å². The lowest BCUT2D eigenvalue weighted by atomic mass is 10.1. The molecule has 7 heteroatoms. The molecular formula is C14H20N2O3S2. The van der Waals surface area contributed by atoms with Crippen LogP contribution in [-0.2, 0) is 21.2 Å². The number of nitrogens with zero attached hydrogens (tertiary/aromatic N) is 1. The fourth-order valence-corrected chi connectivity index (χ4v) is 4.21. The maximum absolute atomic E-state index is 12.6. The van der Waals surface area contributed by atoms with Gasteiger partial charge in [0.1, 0.15) is 0 Å². The third-order valence-corrected chi connectivity index (χ3v) is 5.32. The molecule has 116 valence electrons. The van der Waals surface area contributed by atoms with Gasteiger partial charge >= 0.3 is 0 Å². The van der Waals surface area contributed by atoms with Crippen molar-refractivity contribution in [3.05, 3.63) is 29.8 Å². The third-order valence-electron chi connectivity index (χ3n) is 3.33. The Kier molecular flexibility index (Phi) is 4.98. The summed E-state index contributed by atoms with van der Waals surface area (Å²) in [5, 5.41) is 0. The van der Waals surface area contributed by atoms with E-state index in [2.05, 4.69) is 0 Å². The minimum Gasteiger partial charge on any atom is -0.393 e. The van der Waals surface area contributed by atoms with Crippen LogP contribution in [0.1, 0.15) is 19.4 Å². The Bertz CT molecular complexity index is 604. The Morgan fingerprint density at radius 3 is 2.29 bits per heavy atom. The van der Waals surface area contributed by atoms with Crippen LogP contribution in [0.25, 0.3) is 0 Å². The SMILES string of the molecule is C[C@@H]1CN(S(=O)(=O)c2ccc(CC(N)=S)cc2)C[C@H](C)O1. The van der Waals surface area contributed by atoms with Crippen molar-refractivity contribution >= 4 is 27.2 Å².